The topological polar surface area (TPSA) is 15.3 Å². The van der Waals surface area contributed by atoms with Crippen molar-refractivity contribution in [2.24, 2.45) is 0 Å². The predicted molar refractivity (Wildman–Crippen MR) is 75.2 cm³/mol. The zero-order valence-corrected chi connectivity index (χ0v) is 11.2. The van der Waals surface area contributed by atoms with E-state index in [9.17, 15) is 0 Å². The van der Waals surface area contributed by atoms with Crippen LogP contribution in [0, 0.1) is 0 Å². The molecule has 1 atom stereocenters. The van der Waals surface area contributed by atoms with Gasteiger partial charge < -0.3 is 10.2 Å². The standard InChI is InChI=1S/C14H20N2S/c1-2-17-14-5-3-4-13-12(14)7-6-11-10-15-8-9-16(11)13/h3-5,11,15H,2,6-10H2,1H3. The second-order valence-corrected chi connectivity index (χ2v) is 6.08. The fourth-order valence-corrected chi connectivity index (χ4v) is 3.88. The Kier molecular flexibility index (Phi) is 3.30. The summed E-state index contributed by atoms with van der Waals surface area (Å²) in [6.45, 7) is 5.68. The smallest absolute Gasteiger partial charge is 0.0418 e. The van der Waals surface area contributed by atoms with Gasteiger partial charge in [-0.1, -0.05) is 13.0 Å². The number of nitrogens with one attached hydrogen (secondary N) is 1. The van der Waals surface area contributed by atoms with Crippen molar-refractivity contribution < 1.29 is 0 Å². The summed E-state index contributed by atoms with van der Waals surface area (Å²) >= 11 is 1.99. The summed E-state index contributed by atoms with van der Waals surface area (Å²) in [5.41, 5.74) is 3.10. The van der Waals surface area contributed by atoms with Gasteiger partial charge in [-0.25, -0.2) is 0 Å². The maximum absolute atomic E-state index is 3.51. The van der Waals surface area contributed by atoms with E-state index in [4.69, 9.17) is 0 Å². The Morgan fingerprint density at radius 2 is 2.41 bits per heavy atom. The lowest BCUT2D eigenvalue weighted by Crippen LogP contribution is -2.53. The van der Waals surface area contributed by atoms with E-state index in [1.54, 1.807) is 5.56 Å². The van der Waals surface area contributed by atoms with E-state index in [-0.39, 0.29) is 0 Å². The van der Waals surface area contributed by atoms with Crippen molar-refractivity contribution in [1.29, 1.82) is 0 Å². The normalized spacial score (nSPS) is 23.1. The highest BCUT2D eigenvalue weighted by Gasteiger charge is 2.29. The Balaban J connectivity index is 1.96. The molecule has 0 aromatic heterocycles. The highest BCUT2D eigenvalue weighted by atomic mass is 32.2. The van der Waals surface area contributed by atoms with Crippen molar-refractivity contribution in [3.05, 3.63) is 23.8 Å². The lowest BCUT2D eigenvalue weighted by Gasteiger charge is -2.43. The van der Waals surface area contributed by atoms with E-state index in [1.165, 1.54) is 29.2 Å². The quantitative estimate of drug-likeness (QED) is 0.810. The lowest BCUT2D eigenvalue weighted by molar-refractivity contribution is 0.438. The number of rotatable bonds is 2. The SMILES string of the molecule is CCSc1cccc2c1CCC1CNCCN21. The van der Waals surface area contributed by atoms with E-state index in [0.717, 1.165) is 25.7 Å². The third-order valence-corrected chi connectivity index (χ3v) is 4.78. The second-order valence-electron chi connectivity index (χ2n) is 4.78. The van der Waals surface area contributed by atoms with Gasteiger partial charge in [0.25, 0.3) is 0 Å². The maximum atomic E-state index is 3.51. The minimum absolute atomic E-state index is 0.720. The molecule has 17 heavy (non-hydrogen) atoms. The van der Waals surface area contributed by atoms with Crippen LogP contribution in [0.5, 0.6) is 0 Å². The molecule has 3 heteroatoms. The van der Waals surface area contributed by atoms with E-state index in [0.29, 0.717) is 0 Å². The summed E-state index contributed by atoms with van der Waals surface area (Å²) in [5, 5.41) is 3.51. The van der Waals surface area contributed by atoms with Crippen LogP contribution in [-0.4, -0.2) is 31.4 Å². The molecule has 92 valence electrons. The maximum Gasteiger partial charge on any atom is 0.0418 e. The van der Waals surface area contributed by atoms with Gasteiger partial charge in [0, 0.05) is 36.3 Å². The van der Waals surface area contributed by atoms with Gasteiger partial charge in [-0.15, -0.1) is 11.8 Å². The van der Waals surface area contributed by atoms with E-state index in [1.807, 2.05) is 11.8 Å². The van der Waals surface area contributed by atoms with Crippen molar-refractivity contribution in [3.63, 3.8) is 0 Å². The summed E-state index contributed by atoms with van der Waals surface area (Å²) in [7, 11) is 0. The molecule has 1 unspecified atom stereocenters. The molecule has 3 rings (SSSR count). The molecular formula is C14H20N2S. The monoisotopic (exact) mass is 248 g/mol. The average Bonchev–Trinajstić information content (AvgIpc) is 2.39. The Morgan fingerprint density at radius 3 is 3.29 bits per heavy atom. The zero-order valence-electron chi connectivity index (χ0n) is 10.4. The Labute approximate surface area is 108 Å². The number of nitrogens with zero attached hydrogens (tertiary/aromatic N) is 1. The van der Waals surface area contributed by atoms with Gasteiger partial charge in [-0.3, -0.25) is 0 Å². The number of hydrogen-bond donors (Lipinski definition) is 1. The van der Waals surface area contributed by atoms with Crippen LogP contribution in [-0.2, 0) is 6.42 Å². The summed E-state index contributed by atoms with van der Waals surface area (Å²) in [6, 6.07) is 7.54. The number of anilines is 1. The van der Waals surface area contributed by atoms with Gasteiger partial charge in [-0.2, -0.15) is 0 Å². The van der Waals surface area contributed by atoms with Crippen LogP contribution in [0.15, 0.2) is 23.1 Å². The van der Waals surface area contributed by atoms with E-state index >= 15 is 0 Å². The third kappa shape index (κ3) is 2.06. The zero-order chi connectivity index (χ0) is 11.7. The van der Waals surface area contributed by atoms with Crippen molar-refractivity contribution in [2.75, 3.05) is 30.3 Å². The molecule has 2 heterocycles. The first kappa shape index (κ1) is 11.4. The third-order valence-electron chi connectivity index (χ3n) is 3.80. The molecule has 0 radical (unpaired) electrons. The fourth-order valence-electron chi connectivity index (χ4n) is 3.01. The molecule has 2 aliphatic rings. The highest BCUT2D eigenvalue weighted by Crippen LogP contribution is 2.37. The molecule has 0 bridgehead atoms. The molecular weight excluding hydrogens is 228 g/mol. The molecule has 1 N–H and O–H groups in total. The predicted octanol–water partition coefficient (Wildman–Crippen LogP) is 2.52. The van der Waals surface area contributed by atoms with Crippen LogP contribution in [0.2, 0.25) is 0 Å². The number of hydrogen-bond acceptors (Lipinski definition) is 3. The summed E-state index contributed by atoms with van der Waals surface area (Å²) in [5.74, 6) is 1.17. The first-order valence-corrected chi connectivity index (χ1v) is 7.60. The molecule has 2 aliphatic heterocycles. The van der Waals surface area contributed by atoms with Gasteiger partial charge in [0.05, 0.1) is 0 Å². The minimum Gasteiger partial charge on any atom is -0.366 e. The van der Waals surface area contributed by atoms with Gasteiger partial charge in [-0.05, 0) is 36.3 Å². The number of piperazine rings is 1. The molecule has 0 saturated carbocycles. The highest BCUT2D eigenvalue weighted by molar-refractivity contribution is 7.99. The van der Waals surface area contributed by atoms with Crippen LogP contribution in [0.3, 0.4) is 0 Å². The van der Waals surface area contributed by atoms with Crippen LogP contribution < -0.4 is 10.2 Å². The van der Waals surface area contributed by atoms with Crippen molar-refractivity contribution in [3.8, 4) is 0 Å². The number of thioether (sulfide) groups is 1. The lowest BCUT2D eigenvalue weighted by atomic mass is 9.94. The molecule has 0 amide bonds. The molecule has 1 aromatic carbocycles. The van der Waals surface area contributed by atoms with Crippen molar-refractivity contribution >= 4 is 17.4 Å². The van der Waals surface area contributed by atoms with E-state index < -0.39 is 0 Å². The first-order valence-electron chi connectivity index (χ1n) is 6.62. The van der Waals surface area contributed by atoms with Crippen LogP contribution in [0.1, 0.15) is 18.9 Å². The van der Waals surface area contributed by atoms with Gasteiger partial charge in [0.15, 0.2) is 0 Å². The summed E-state index contributed by atoms with van der Waals surface area (Å²) < 4.78 is 0. The Bertz CT molecular complexity index is 405. The fraction of sp³-hybridized carbons (Fsp3) is 0.571. The van der Waals surface area contributed by atoms with Crippen molar-refractivity contribution in [1.82, 2.24) is 5.32 Å². The molecule has 0 aliphatic carbocycles. The minimum atomic E-state index is 0.720. The van der Waals surface area contributed by atoms with E-state index in [2.05, 4.69) is 35.3 Å². The van der Waals surface area contributed by atoms with Gasteiger partial charge in [0.1, 0.15) is 0 Å². The number of benzene rings is 1. The van der Waals surface area contributed by atoms with Crippen LogP contribution >= 0.6 is 11.8 Å². The molecule has 1 saturated heterocycles. The van der Waals surface area contributed by atoms with Crippen LogP contribution in [0.25, 0.3) is 0 Å². The second kappa shape index (κ2) is 4.91. The van der Waals surface area contributed by atoms with Crippen LogP contribution in [0.4, 0.5) is 5.69 Å². The van der Waals surface area contributed by atoms with Gasteiger partial charge in [0.2, 0.25) is 0 Å². The Hall–Kier alpha value is -0.670. The molecule has 1 fully saturated rings. The van der Waals surface area contributed by atoms with Gasteiger partial charge >= 0.3 is 0 Å². The average molecular weight is 248 g/mol. The molecule has 2 nitrogen and oxygen atoms in total. The summed E-state index contributed by atoms with van der Waals surface area (Å²) in [6.07, 6.45) is 2.56. The molecule has 1 aromatic rings. The summed E-state index contributed by atoms with van der Waals surface area (Å²) in [4.78, 5) is 4.12. The number of fused-ring (bicyclic) bond motifs is 3. The first-order chi connectivity index (χ1) is 8.40. The Morgan fingerprint density at radius 1 is 1.47 bits per heavy atom. The largest absolute Gasteiger partial charge is 0.366 e. The molecule has 0 spiro atoms. The van der Waals surface area contributed by atoms with Crippen molar-refractivity contribution in [2.45, 2.75) is 30.7 Å².